The summed E-state index contributed by atoms with van der Waals surface area (Å²) in [5.41, 5.74) is 3.01. The molecule has 6 heteroatoms. The average molecular weight is 409 g/mol. The number of para-hydroxylation sites is 2. The molecule has 3 aliphatic heterocycles. The molecule has 3 aromatic carbocycles. The fourth-order valence-corrected chi connectivity index (χ4v) is 5.06. The van der Waals surface area contributed by atoms with Gasteiger partial charge in [0.05, 0.1) is 17.1 Å². The third-order valence-corrected chi connectivity index (χ3v) is 6.41. The van der Waals surface area contributed by atoms with Gasteiger partial charge in [0.1, 0.15) is 11.5 Å². The molecule has 0 aromatic heterocycles. The highest BCUT2D eigenvalue weighted by Gasteiger charge is 2.71. The van der Waals surface area contributed by atoms with Crippen LogP contribution in [0, 0.1) is 5.92 Å². The van der Waals surface area contributed by atoms with Crippen molar-refractivity contribution in [3.63, 3.8) is 0 Å². The van der Waals surface area contributed by atoms with E-state index in [4.69, 9.17) is 9.83 Å². The molecule has 6 nitrogen and oxygen atoms in total. The zero-order valence-corrected chi connectivity index (χ0v) is 16.8. The molecule has 3 aliphatic rings. The summed E-state index contributed by atoms with van der Waals surface area (Å²) >= 11 is 0. The summed E-state index contributed by atoms with van der Waals surface area (Å²) in [6.07, 6.45) is -0.882. The van der Waals surface area contributed by atoms with Crippen molar-refractivity contribution in [1.82, 2.24) is 4.90 Å². The monoisotopic (exact) mass is 409 g/mol. The van der Waals surface area contributed by atoms with Gasteiger partial charge < -0.3 is 0 Å². The summed E-state index contributed by atoms with van der Waals surface area (Å²) in [6, 6.07) is 27.2. The molecule has 0 saturated carbocycles. The van der Waals surface area contributed by atoms with Crippen LogP contribution in [0.4, 0.5) is 11.4 Å². The number of carbonyl (C=O) groups excluding carboxylic acids is 2. The van der Waals surface area contributed by atoms with Crippen molar-refractivity contribution in [3.05, 3.63) is 96.1 Å². The van der Waals surface area contributed by atoms with Gasteiger partial charge in [-0.2, -0.15) is 0 Å². The lowest BCUT2D eigenvalue weighted by Crippen LogP contribution is -2.51. The number of imide groups is 1. The van der Waals surface area contributed by atoms with Gasteiger partial charge in [-0.1, -0.05) is 66.7 Å². The molecule has 2 amide bonds. The zero-order valence-electron chi connectivity index (χ0n) is 16.8. The Balaban J connectivity index is 1.70. The number of hydrogen-bond acceptors (Lipinski definition) is 5. The second-order valence-corrected chi connectivity index (χ2v) is 7.98. The van der Waals surface area contributed by atoms with E-state index in [1.807, 2.05) is 84.9 Å². The number of likely N-dealkylation sites (tertiary alicyclic amines) is 1. The predicted octanol–water partition coefficient (Wildman–Crippen LogP) is 3.45. The number of hydrogen-bond donors (Lipinski definition) is 0. The van der Waals surface area contributed by atoms with E-state index in [0.717, 1.165) is 22.5 Å². The van der Waals surface area contributed by atoms with Crippen LogP contribution in [0.25, 0.3) is 0 Å². The van der Waals surface area contributed by atoms with E-state index < -0.39 is 17.6 Å². The summed E-state index contributed by atoms with van der Waals surface area (Å²) in [6.45, 7) is 0. The molecule has 0 spiro atoms. The average Bonchev–Trinajstić information content (AvgIpc) is 3.38. The molecule has 0 bridgehead atoms. The fourth-order valence-electron chi connectivity index (χ4n) is 5.06. The third kappa shape index (κ3) is 2.22. The lowest BCUT2D eigenvalue weighted by molar-refractivity contribution is -0.141. The van der Waals surface area contributed by atoms with E-state index in [0.29, 0.717) is 5.71 Å². The molecule has 31 heavy (non-hydrogen) atoms. The number of fused-ring (bicyclic) bond motifs is 5. The van der Waals surface area contributed by atoms with Crippen LogP contribution in [0.1, 0.15) is 11.1 Å². The van der Waals surface area contributed by atoms with Gasteiger partial charge in [0.15, 0.2) is 6.10 Å². The molecule has 0 unspecified atom stereocenters. The Kier molecular flexibility index (Phi) is 3.70. The number of carbonyl (C=O) groups is 2. The number of aliphatic imine (C=N–C) groups is 1. The lowest BCUT2D eigenvalue weighted by Gasteiger charge is -2.35. The molecule has 0 aliphatic carbocycles. The maximum Gasteiger partial charge on any atom is 0.261 e. The largest absolute Gasteiger partial charge is 0.283 e. The minimum atomic E-state index is -1.04. The van der Waals surface area contributed by atoms with E-state index in [2.05, 4.69) is 0 Å². The third-order valence-electron chi connectivity index (χ3n) is 6.41. The molecule has 0 radical (unpaired) electrons. The molecule has 152 valence electrons. The number of rotatable bonds is 2. The van der Waals surface area contributed by atoms with Crippen molar-refractivity contribution >= 4 is 28.9 Å². The van der Waals surface area contributed by atoms with Crippen LogP contribution in [0.2, 0.25) is 0 Å². The van der Waals surface area contributed by atoms with Crippen molar-refractivity contribution in [2.45, 2.75) is 11.6 Å². The van der Waals surface area contributed by atoms with Crippen LogP contribution in [0.3, 0.4) is 0 Å². The Morgan fingerprint density at radius 1 is 0.839 bits per heavy atom. The SMILES string of the molecule is CN1C(=O)[C@@H]2[C@@H](ON3c4ccccc4C(=Nc4ccccc4)[C@@]23c2ccccc2)C1=O. The minimum Gasteiger partial charge on any atom is -0.283 e. The number of anilines is 1. The number of nitrogens with zero attached hydrogens (tertiary/aromatic N) is 3. The smallest absolute Gasteiger partial charge is 0.261 e. The second-order valence-electron chi connectivity index (χ2n) is 7.98. The Bertz CT molecular complexity index is 1240. The summed E-state index contributed by atoms with van der Waals surface area (Å²) in [7, 11) is 1.52. The number of amides is 2. The highest BCUT2D eigenvalue weighted by Crippen LogP contribution is 2.58. The Hall–Kier alpha value is -3.77. The van der Waals surface area contributed by atoms with Crippen molar-refractivity contribution in [2.24, 2.45) is 10.9 Å². The van der Waals surface area contributed by atoms with Gasteiger partial charge in [0, 0.05) is 12.6 Å². The number of benzene rings is 3. The van der Waals surface area contributed by atoms with Gasteiger partial charge in [0.25, 0.3) is 5.91 Å². The van der Waals surface area contributed by atoms with Gasteiger partial charge in [-0.3, -0.25) is 19.3 Å². The summed E-state index contributed by atoms with van der Waals surface area (Å²) in [5, 5.41) is 1.75. The summed E-state index contributed by atoms with van der Waals surface area (Å²) in [5.74, 6) is -1.31. The van der Waals surface area contributed by atoms with E-state index in [9.17, 15) is 9.59 Å². The first kappa shape index (κ1) is 18.0. The van der Waals surface area contributed by atoms with Crippen LogP contribution in [0.5, 0.6) is 0 Å². The van der Waals surface area contributed by atoms with Gasteiger partial charge in [-0.05, 0) is 23.8 Å². The first-order chi connectivity index (χ1) is 15.1. The highest BCUT2D eigenvalue weighted by atomic mass is 16.7. The summed E-state index contributed by atoms with van der Waals surface area (Å²) in [4.78, 5) is 38.8. The van der Waals surface area contributed by atoms with E-state index >= 15 is 0 Å². The molecule has 3 heterocycles. The second kappa shape index (κ2) is 6.36. The maximum atomic E-state index is 13.4. The van der Waals surface area contributed by atoms with Crippen LogP contribution in [-0.2, 0) is 20.0 Å². The van der Waals surface area contributed by atoms with Crippen molar-refractivity contribution in [3.8, 4) is 0 Å². The summed E-state index contributed by atoms with van der Waals surface area (Å²) < 4.78 is 0. The quantitative estimate of drug-likeness (QED) is 0.609. The molecule has 6 rings (SSSR count). The van der Waals surface area contributed by atoms with Gasteiger partial charge in [-0.25, -0.2) is 10.1 Å². The van der Waals surface area contributed by atoms with Gasteiger partial charge >= 0.3 is 0 Å². The molecule has 2 saturated heterocycles. The van der Waals surface area contributed by atoms with E-state index in [1.54, 1.807) is 5.06 Å². The van der Waals surface area contributed by atoms with Crippen LogP contribution in [0.15, 0.2) is 89.9 Å². The molecule has 3 aromatic rings. The van der Waals surface area contributed by atoms with Crippen molar-refractivity contribution in [2.75, 3.05) is 12.1 Å². The Labute approximate surface area is 179 Å². The Morgan fingerprint density at radius 3 is 2.23 bits per heavy atom. The number of likely N-dealkylation sites (N-methyl/N-ethyl adjacent to an activating group) is 1. The van der Waals surface area contributed by atoms with Crippen LogP contribution < -0.4 is 5.06 Å². The van der Waals surface area contributed by atoms with Crippen LogP contribution >= 0.6 is 0 Å². The molecular weight excluding hydrogens is 390 g/mol. The van der Waals surface area contributed by atoms with Gasteiger partial charge in [0.2, 0.25) is 5.91 Å². The predicted molar refractivity (Wildman–Crippen MR) is 116 cm³/mol. The zero-order chi connectivity index (χ0) is 21.2. The molecule has 3 atom stereocenters. The maximum absolute atomic E-state index is 13.4. The minimum absolute atomic E-state index is 0.255. The van der Waals surface area contributed by atoms with Crippen molar-refractivity contribution in [1.29, 1.82) is 0 Å². The standard InChI is InChI=1S/C25H19N3O3/c1-27-23(29)20-21(24(27)30)31-28-19-15-9-8-14-18(19)22(26-17-12-6-3-7-13-17)25(20,28)16-10-4-2-5-11-16/h2-15,20-21H,1H3/t20-,21+,25+/m0/s1. The number of hydroxylamine groups is 1. The van der Waals surface area contributed by atoms with E-state index in [1.165, 1.54) is 11.9 Å². The Morgan fingerprint density at radius 2 is 1.48 bits per heavy atom. The van der Waals surface area contributed by atoms with E-state index in [-0.39, 0.29) is 11.8 Å². The topological polar surface area (TPSA) is 62.2 Å². The van der Waals surface area contributed by atoms with Gasteiger partial charge in [-0.15, -0.1) is 0 Å². The normalized spacial score (nSPS) is 27.6. The first-order valence-electron chi connectivity index (χ1n) is 10.2. The highest BCUT2D eigenvalue weighted by molar-refractivity contribution is 6.23. The molecule has 2 fully saturated rings. The van der Waals surface area contributed by atoms with Crippen molar-refractivity contribution < 1.29 is 14.4 Å². The molecule has 0 N–H and O–H groups in total. The van der Waals surface area contributed by atoms with Crippen LogP contribution in [-0.4, -0.2) is 35.6 Å². The lowest BCUT2D eigenvalue weighted by atomic mass is 9.73. The fraction of sp³-hybridized carbons (Fsp3) is 0.160. The molecular formula is C25H19N3O3. The first-order valence-corrected chi connectivity index (χ1v) is 10.2.